The van der Waals surface area contributed by atoms with Gasteiger partial charge in [-0.2, -0.15) is 0 Å². The minimum absolute atomic E-state index is 0.214. The van der Waals surface area contributed by atoms with E-state index < -0.39 is 5.60 Å². The van der Waals surface area contributed by atoms with Crippen LogP contribution in [0.15, 0.2) is 18.2 Å². The molecular weight excluding hydrogens is 290 g/mol. The van der Waals surface area contributed by atoms with Gasteiger partial charge in [0, 0.05) is 38.4 Å². The van der Waals surface area contributed by atoms with Gasteiger partial charge in [0.05, 0.1) is 0 Å². The molecule has 1 aromatic rings. The van der Waals surface area contributed by atoms with Crippen LogP contribution in [-0.4, -0.2) is 42.8 Å². The van der Waals surface area contributed by atoms with Gasteiger partial charge in [-0.1, -0.05) is 6.07 Å². The van der Waals surface area contributed by atoms with Crippen LogP contribution < -0.4 is 10.6 Å². The van der Waals surface area contributed by atoms with Crippen molar-refractivity contribution >= 4 is 11.8 Å². The second-order valence-corrected chi connectivity index (χ2v) is 7.12. The van der Waals surface area contributed by atoms with Gasteiger partial charge in [-0.15, -0.1) is 0 Å². The zero-order chi connectivity index (χ0) is 17.0. The van der Waals surface area contributed by atoms with Gasteiger partial charge in [0.1, 0.15) is 5.60 Å². The van der Waals surface area contributed by atoms with E-state index in [0.717, 1.165) is 26.1 Å². The van der Waals surface area contributed by atoms with Gasteiger partial charge in [0.15, 0.2) is 0 Å². The normalized spacial score (nSPS) is 16.2. The first kappa shape index (κ1) is 17.6. The SMILES string of the molecule is Cc1cc(N2CCCN(C(=O)OC(C)(C)C)CC2)ccc1CN. The molecule has 2 rings (SSSR count). The van der Waals surface area contributed by atoms with E-state index >= 15 is 0 Å². The zero-order valence-electron chi connectivity index (χ0n) is 14.8. The van der Waals surface area contributed by atoms with Crippen molar-refractivity contribution in [3.8, 4) is 0 Å². The average Bonchev–Trinajstić information content (AvgIpc) is 2.71. The molecule has 0 saturated carbocycles. The van der Waals surface area contributed by atoms with Crippen LogP contribution in [0.2, 0.25) is 0 Å². The Bertz CT molecular complexity index is 552. The molecule has 5 nitrogen and oxygen atoms in total. The van der Waals surface area contributed by atoms with Crippen LogP contribution in [0.1, 0.15) is 38.3 Å². The van der Waals surface area contributed by atoms with Crippen LogP contribution >= 0.6 is 0 Å². The number of benzene rings is 1. The van der Waals surface area contributed by atoms with Crippen LogP contribution in [0.4, 0.5) is 10.5 Å². The summed E-state index contributed by atoms with van der Waals surface area (Å²) in [6.45, 7) is 11.6. The molecule has 1 saturated heterocycles. The van der Waals surface area contributed by atoms with Gasteiger partial charge < -0.3 is 20.3 Å². The Morgan fingerprint density at radius 1 is 1.22 bits per heavy atom. The molecule has 0 unspecified atom stereocenters. The van der Waals surface area contributed by atoms with Crippen molar-refractivity contribution in [2.24, 2.45) is 5.73 Å². The fourth-order valence-corrected chi connectivity index (χ4v) is 2.79. The Kier molecular flexibility index (Phi) is 5.52. The Morgan fingerprint density at radius 3 is 2.57 bits per heavy atom. The number of rotatable bonds is 2. The number of hydrogen-bond acceptors (Lipinski definition) is 4. The molecule has 0 atom stereocenters. The molecule has 128 valence electrons. The summed E-state index contributed by atoms with van der Waals surface area (Å²) < 4.78 is 5.48. The number of amides is 1. The molecular formula is C18H29N3O2. The van der Waals surface area contributed by atoms with E-state index in [4.69, 9.17) is 10.5 Å². The molecule has 1 aliphatic heterocycles. The van der Waals surface area contributed by atoms with Gasteiger partial charge in [-0.25, -0.2) is 4.79 Å². The maximum absolute atomic E-state index is 12.2. The second kappa shape index (κ2) is 7.21. The van der Waals surface area contributed by atoms with Crippen molar-refractivity contribution in [2.45, 2.75) is 46.3 Å². The molecule has 5 heteroatoms. The monoisotopic (exact) mass is 319 g/mol. The minimum Gasteiger partial charge on any atom is -0.444 e. The third kappa shape index (κ3) is 4.86. The van der Waals surface area contributed by atoms with E-state index in [0.29, 0.717) is 13.1 Å². The van der Waals surface area contributed by atoms with Gasteiger partial charge in [-0.05, 0) is 57.4 Å². The molecule has 1 aromatic carbocycles. The fourth-order valence-electron chi connectivity index (χ4n) is 2.79. The molecule has 23 heavy (non-hydrogen) atoms. The number of nitrogens with zero attached hydrogens (tertiary/aromatic N) is 2. The summed E-state index contributed by atoms with van der Waals surface area (Å²) in [7, 11) is 0. The summed E-state index contributed by atoms with van der Waals surface area (Å²) in [5.74, 6) is 0. The number of ether oxygens (including phenoxy) is 1. The predicted octanol–water partition coefficient (Wildman–Crippen LogP) is 2.90. The lowest BCUT2D eigenvalue weighted by Crippen LogP contribution is -2.39. The van der Waals surface area contributed by atoms with Crippen molar-refractivity contribution in [3.63, 3.8) is 0 Å². The first-order chi connectivity index (χ1) is 10.8. The van der Waals surface area contributed by atoms with Crippen LogP contribution in [0, 0.1) is 6.92 Å². The number of aryl methyl sites for hydroxylation is 1. The van der Waals surface area contributed by atoms with Gasteiger partial charge in [0.2, 0.25) is 0 Å². The molecule has 0 radical (unpaired) electrons. The van der Waals surface area contributed by atoms with E-state index in [2.05, 4.69) is 30.0 Å². The van der Waals surface area contributed by atoms with Gasteiger partial charge in [-0.3, -0.25) is 0 Å². The molecule has 1 amide bonds. The van der Waals surface area contributed by atoms with Crippen molar-refractivity contribution < 1.29 is 9.53 Å². The lowest BCUT2D eigenvalue weighted by atomic mass is 10.1. The zero-order valence-corrected chi connectivity index (χ0v) is 14.8. The molecule has 0 bridgehead atoms. The van der Waals surface area contributed by atoms with Crippen LogP contribution in [-0.2, 0) is 11.3 Å². The summed E-state index contributed by atoms with van der Waals surface area (Å²) in [6.07, 6.45) is 0.728. The van der Waals surface area contributed by atoms with Crippen molar-refractivity contribution in [1.29, 1.82) is 0 Å². The van der Waals surface area contributed by atoms with Crippen molar-refractivity contribution in [2.75, 3.05) is 31.1 Å². The van der Waals surface area contributed by atoms with Crippen LogP contribution in [0.3, 0.4) is 0 Å². The predicted molar refractivity (Wildman–Crippen MR) is 93.7 cm³/mol. The summed E-state index contributed by atoms with van der Waals surface area (Å²) in [4.78, 5) is 16.4. The van der Waals surface area contributed by atoms with Gasteiger partial charge in [0.25, 0.3) is 0 Å². The number of hydrogen-bond donors (Lipinski definition) is 1. The lowest BCUT2D eigenvalue weighted by Gasteiger charge is -2.27. The largest absolute Gasteiger partial charge is 0.444 e. The smallest absolute Gasteiger partial charge is 0.410 e. The Hall–Kier alpha value is -1.75. The molecule has 0 aliphatic carbocycles. The summed E-state index contributed by atoms with van der Waals surface area (Å²) >= 11 is 0. The van der Waals surface area contributed by atoms with Crippen LogP contribution in [0.5, 0.6) is 0 Å². The molecule has 2 N–H and O–H groups in total. The second-order valence-electron chi connectivity index (χ2n) is 7.12. The highest BCUT2D eigenvalue weighted by atomic mass is 16.6. The Labute approximate surface area is 139 Å². The molecule has 0 spiro atoms. The van der Waals surface area contributed by atoms with E-state index in [1.54, 1.807) is 0 Å². The summed E-state index contributed by atoms with van der Waals surface area (Å²) in [5.41, 5.74) is 8.89. The van der Waals surface area contributed by atoms with E-state index in [1.807, 2.05) is 25.7 Å². The molecule has 1 aliphatic rings. The van der Waals surface area contributed by atoms with Crippen LogP contribution in [0.25, 0.3) is 0 Å². The first-order valence-electron chi connectivity index (χ1n) is 8.32. The average molecular weight is 319 g/mol. The van der Waals surface area contributed by atoms with Gasteiger partial charge >= 0.3 is 6.09 Å². The summed E-state index contributed by atoms with van der Waals surface area (Å²) in [6, 6.07) is 6.41. The van der Waals surface area contributed by atoms with E-state index in [1.165, 1.54) is 16.8 Å². The number of carbonyl (C=O) groups excluding carboxylic acids is 1. The lowest BCUT2D eigenvalue weighted by molar-refractivity contribution is 0.0263. The van der Waals surface area contributed by atoms with E-state index in [-0.39, 0.29) is 6.09 Å². The van der Waals surface area contributed by atoms with E-state index in [9.17, 15) is 4.79 Å². The Balaban J connectivity index is 2.01. The molecule has 1 fully saturated rings. The third-order valence-corrected chi connectivity index (χ3v) is 4.06. The Morgan fingerprint density at radius 2 is 1.96 bits per heavy atom. The topological polar surface area (TPSA) is 58.8 Å². The number of nitrogens with two attached hydrogens (primary N) is 1. The number of carbonyl (C=O) groups is 1. The molecule has 1 heterocycles. The van der Waals surface area contributed by atoms with Crippen molar-refractivity contribution in [3.05, 3.63) is 29.3 Å². The first-order valence-corrected chi connectivity index (χ1v) is 8.32. The van der Waals surface area contributed by atoms with Crippen molar-refractivity contribution in [1.82, 2.24) is 4.90 Å². The highest BCUT2D eigenvalue weighted by Crippen LogP contribution is 2.21. The maximum Gasteiger partial charge on any atom is 0.410 e. The highest BCUT2D eigenvalue weighted by molar-refractivity contribution is 5.68. The summed E-state index contributed by atoms with van der Waals surface area (Å²) in [5, 5.41) is 0. The molecule has 0 aromatic heterocycles. The minimum atomic E-state index is -0.446. The maximum atomic E-state index is 12.2. The quantitative estimate of drug-likeness (QED) is 0.910. The fraction of sp³-hybridized carbons (Fsp3) is 0.611. The number of anilines is 1. The highest BCUT2D eigenvalue weighted by Gasteiger charge is 2.24. The standard InChI is InChI=1S/C18H29N3O2/c1-14-12-16(7-6-15(14)13-19)20-8-5-9-21(11-10-20)17(22)23-18(2,3)4/h6-7,12H,5,8-11,13,19H2,1-4H3. The third-order valence-electron chi connectivity index (χ3n) is 4.06.